The van der Waals surface area contributed by atoms with Crippen LogP contribution < -0.4 is 5.32 Å². The minimum Gasteiger partial charge on any atom is -0.465 e. The minimum absolute atomic E-state index is 0.181. The fraction of sp³-hybridized carbons (Fsp3) is 0.889. The molecule has 0 aromatic rings. The van der Waals surface area contributed by atoms with Crippen LogP contribution in [0, 0.1) is 0 Å². The highest BCUT2D eigenvalue weighted by molar-refractivity contribution is 5.75. The molecule has 0 fully saturated rings. The van der Waals surface area contributed by atoms with Crippen molar-refractivity contribution in [1.82, 2.24) is 5.32 Å². The van der Waals surface area contributed by atoms with Gasteiger partial charge in [-0.2, -0.15) is 13.2 Å². The molecule has 96 valence electrons. The van der Waals surface area contributed by atoms with Crippen molar-refractivity contribution in [2.24, 2.45) is 0 Å². The molecule has 0 aliphatic carbocycles. The van der Waals surface area contributed by atoms with E-state index in [-0.39, 0.29) is 13.2 Å². The Morgan fingerprint density at radius 2 is 2.00 bits per heavy atom. The predicted octanol–water partition coefficient (Wildman–Crippen LogP) is 1.11. The molecule has 0 saturated heterocycles. The van der Waals surface area contributed by atoms with Gasteiger partial charge in [-0.25, -0.2) is 0 Å². The van der Waals surface area contributed by atoms with E-state index in [0.29, 0.717) is 6.54 Å². The first-order chi connectivity index (χ1) is 7.40. The summed E-state index contributed by atoms with van der Waals surface area (Å²) in [6.45, 7) is 2.26. The molecule has 0 spiro atoms. The van der Waals surface area contributed by atoms with Gasteiger partial charge in [0.1, 0.15) is 12.6 Å². The number of esters is 1. The number of rotatable bonds is 7. The maximum absolute atomic E-state index is 11.8. The van der Waals surface area contributed by atoms with Crippen LogP contribution in [-0.2, 0) is 14.3 Å². The van der Waals surface area contributed by atoms with E-state index >= 15 is 0 Å². The molecule has 1 N–H and O–H groups in total. The van der Waals surface area contributed by atoms with E-state index in [1.165, 1.54) is 0 Å². The second-order valence-corrected chi connectivity index (χ2v) is 2.99. The van der Waals surface area contributed by atoms with Crippen molar-refractivity contribution in [3.63, 3.8) is 0 Å². The lowest BCUT2D eigenvalue weighted by atomic mass is 10.3. The number of hydrogen-bond donors (Lipinski definition) is 1. The second kappa shape index (κ2) is 7.45. The number of alkyl halides is 3. The van der Waals surface area contributed by atoms with E-state index in [0.717, 1.165) is 0 Å². The Labute approximate surface area is 92.1 Å². The van der Waals surface area contributed by atoms with Gasteiger partial charge in [-0.3, -0.25) is 4.79 Å². The summed E-state index contributed by atoms with van der Waals surface area (Å²) in [5, 5.41) is 2.69. The quantitative estimate of drug-likeness (QED) is 0.680. The van der Waals surface area contributed by atoms with Crippen molar-refractivity contribution in [2.75, 3.05) is 26.4 Å². The van der Waals surface area contributed by atoms with Gasteiger partial charge in [0.05, 0.1) is 13.2 Å². The van der Waals surface area contributed by atoms with Gasteiger partial charge in [-0.15, -0.1) is 0 Å². The second-order valence-electron chi connectivity index (χ2n) is 2.99. The van der Waals surface area contributed by atoms with Gasteiger partial charge in [-0.1, -0.05) is 6.92 Å². The SMILES string of the molecule is CCNC(COCC(F)(F)F)C(=O)OCC. The van der Waals surface area contributed by atoms with Crippen LogP contribution in [0.3, 0.4) is 0 Å². The van der Waals surface area contributed by atoms with E-state index in [4.69, 9.17) is 0 Å². The van der Waals surface area contributed by atoms with E-state index in [9.17, 15) is 18.0 Å². The van der Waals surface area contributed by atoms with Gasteiger partial charge < -0.3 is 14.8 Å². The van der Waals surface area contributed by atoms with Gasteiger partial charge in [0.2, 0.25) is 0 Å². The smallest absolute Gasteiger partial charge is 0.411 e. The zero-order valence-electron chi connectivity index (χ0n) is 9.26. The minimum atomic E-state index is -4.38. The maximum Gasteiger partial charge on any atom is 0.411 e. The monoisotopic (exact) mass is 243 g/mol. The number of ether oxygens (including phenoxy) is 2. The van der Waals surface area contributed by atoms with Crippen LogP contribution in [0.25, 0.3) is 0 Å². The van der Waals surface area contributed by atoms with Crippen molar-refractivity contribution in [1.29, 1.82) is 0 Å². The first-order valence-electron chi connectivity index (χ1n) is 4.95. The lowest BCUT2D eigenvalue weighted by Gasteiger charge is -2.16. The third-order valence-corrected chi connectivity index (χ3v) is 1.57. The van der Waals surface area contributed by atoms with Crippen LogP contribution in [-0.4, -0.2) is 44.6 Å². The summed E-state index contributed by atoms with van der Waals surface area (Å²) < 4.78 is 44.4. The average Bonchev–Trinajstić information content (AvgIpc) is 2.15. The molecule has 0 heterocycles. The van der Waals surface area contributed by atoms with Crippen molar-refractivity contribution in [2.45, 2.75) is 26.1 Å². The molecule has 0 aliphatic heterocycles. The Bertz CT molecular complexity index is 209. The third-order valence-electron chi connectivity index (χ3n) is 1.57. The Hall–Kier alpha value is -0.820. The fourth-order valence-corrected chi connectivity index (χ4v) is 0.992. The summed E-state index contributed by atoms with van der Waals surface area (Å²) in [5.74, 6) is -0.605. The van der Waals surface area contributed by atoms with Gasteiger partial charge in [0, 0.05) is 0 Å². The number of halogens is 3. The number of hydrogen-bond acceptors (Lipinski definition) is 4. The molecule has 0 aromatic heterocycles. The van der Waals surface area contributed by atoms with E-state index in [2.05, 4.69) is 14.8 Å². The fourth-order valence-electron chi connectivity index (χ4n) is 0.992. The van der Waals surface area contributed by atoms with Crippen LogP contribution >= 0.6 is 0 Å². The molecule has 0 radical (unpaired) electrons. The lowest BCUT2D eigenvalue weighted by Crippen LogP contribution is -2.42. The molecule has 0 rings (SSSR count). The van der Waals surface area contributed by atoms with Crippen LogP contribution in [0.1, 0.15) is 13.8 Å². The molecule has 7 heteroatoms. The molecule has 0 aromatic carbocycles. The van der Waals surface area contributed by atoms with Gasteiger partial charge in [0.25, 0.3) is 0 Å². The number of likely N-dealkylation sites (N-methyl/N-ethyl adjacent to an activating group) is 1. The van der Waals surface area contributed by atoms with Crippen LogP contribution in [0.15, 0.2) is 0 Å². The Kier molecular flexibility index (Phi) is 7.07. The molecule has 1 atom stereocenters. The zero-order valence-corrected chi connectivity index (χ0v) is 9.26. The van der Waals surface area contributed by atoms with Crippen molar-refractivity contribution in [3.8, 4) is 0 Å². The molecule has 0 amide bonds. The summed E-state index contributed by atoms with van der Waals surface area (Å²) in [7, 11) is 0. The highest BCUT2D eigenvalue weighted by atomic mass is 19.4. The van der Waals surface area contributed by atoms with Crippen LogP contribution in [0.4, 0.5) is 13.2 Å². The Morgan fingerprint density at radius 3 is 2.44 bits per heavy atom. The summed E-state index contributed by atoms with van der Waals surface area (Å²) in [4.78, 5) is 11.2. The topological polar surface area (TPSA) is 47.6 Å². The third kappa shape index (κ3) is 7.47. The van der Waals surface area contributed by atoms with Gasteiger partial charge in [-0.05, 0) is 13.5 Å². The summed E-state index contributed by atoms with van der Waals surface area (Å²) in [6, 6.07) is -0.854. The molecule has 4 nitrogen and oxygen atoms in total. The maximum atomic E-state index is 11.8. The van der Waals surface area contributed by atoms with E-state index < -0.39 is 24.8 Å². The summed E-state index contributed by atoms with van der Waals surface area (Å²) in [6.07, 6.45) is -4.38. The van der Waals surface area contributed by atoms with E-state index in [1.807, 2.05) is 0 Å². The van der Waals surface area contributed by atoms with Crippen LogP contribution in [0.2, 0.25) is 0 Å². The number of carbonyl (C=O) groups is 1. The molecular weight excluding hydrogens is 227 g/mol. The Morgan fingerprint density at radius 1 is 1.38 bits per heavy atom. The molecule has 1 unspecified atom stereocenters. The molecular formula is C9H16F3NO3. The summed E-state index contributed by atoms with van der Waals surface area (Å²) >= 11 is 0. The molecule has 0 saturated carbocycles. The van der Waals surface area contributed by atoms with Crippen LogP contribution in [0.5, 0.6) is 0 Å². The molecule has 16 heavy (non-hydrogen) atoms. The first-order valence-corrected chi connectivity index (χ1v) is 4.95. The van der Waals surface area contributed by atoms with Crippen molar-refractivity contribution >= 4 is 5.97 Å². The normalized spacial score (nSPS) is 13.6. The highest BCUT2D eigenvalue weighted by Crippen LogP contribution is 2.14. The highest BCUT2D eigenvalue weighted by Gasteiger charge is 2.29. The molecule has 0 bridgehead atoms. The van der Waals surface area contributed by atoms with Gasteiger partial charge in [0.15, 0.2) is 0 Å². The standard InChI is InChI=1S/C9H16F3NO3/c1-3-13-7(8(14)16-4-2)5-15-6-9(10,11)12/h7,13H,3-6H2,1-2H3. The Balaban J connectivity index is 3.98. The zero-order chi connectivity index (χ0) is 12.6. The van der Waals surface area contributed by atoms with Crippen molar-refractivity contribution in [3.05, 3.63) is 0 Å². The average molecular weight is 243 g/mol. The first kappa shape index (κ1) is 15.2. The largest absolute Gasteiger partial charge is 0.465 e. The van der Waals surface area contributed by atoms with E-state index in [1.54, 1.807) is 13.8 Å². The number of nitrogens with one attached hydrogen (secondary N) is 1. The van der Waals surface area contributed by atoms with Crippen molar-refractivity contribution < 1.29 is 27.4 Å². The predicted molar refractivity (Wildman–Crippen MR) is 51.0 cm³/mol. The molecule has 0 aliphatic rings. The number of carbonyl (C=O) groups excluding carboxylic acids is 1. The lowest BCUT2D eigenvalue weighted by molar-refractivity contribution is -0.178. The van der Waals surface area contributed by atoms with Gasteiger partial charge >= 0.3 is 12.1 Å². The summed E-state index contributed by atoms with van der Waals surface area (Å²) in [5.41, 5.74) is 0.